The quantitative estimate of drug-likeness (QED) is 0.190. The first-order valence-corrected chi connectivity index (χ1v) is 10.00. The highest BCUT2D eigenvalue weighted by Crippen LogP contribution is 2.42. The Hall–Kier alpha value is -1.64. The van der Waals surface area contributed by atoms with Crippen molar-refractivity contribution < 1.29 is 9.59 Å². The predicted octanol–water partition coefficient (Wildman–Crippen LogP) is 3.43. The van der Waals surface area contributed by atoms with Crippen LogP contribution in [0.1, 0.15) is 66.2 Å². The van der Waals surface area contributed by atoms with Crippen molar-refractivity contribution in [3.63, 3.8) is 0 Å². The summed E-state index contributed by atoms with van der Waals surface area (Å²) in [6.07, 6.45) is 6.78. The maximum Gasteiger partial charge on any atom is 0.261 e. The number of carbonyl (C=O) groups is 2. The van der Waals surface area contributed by atoms with E-state index in [9.17, 15) is 9.59 Å². The monoisotopic (exact) mass is 498 g/mol. The van der Waals surface area contributed by atoms with Crippen LogP contribution in [0.3, 0.4) is 0 Å². The van der Waals surface area contributed by atoms with E-state index in [0.717, 1.165) is 31.9 Å². The zero-order chi connectivity index (χ0) is 19.3. The standard InChI is InChI=1S/C21H30N4O2.HI/c1-3-21(11-8-12-21)15-24-20(22-2)23-13-6-7-14-25-18(26)16-9-4-5-10-17(16)19(25)27;/h4-5,9-10H,3,6-8,11-15H2,1-2H3,(H2,22,23,24);1H. The first-order chi connectivity index (χ1) is 13.1. The van der Waals surface area contributed by atoms with Crippen LogP contribution in [0.25, 0.3) is 0 Å². The van der Waals surface area contributed by atoms with Crippen LogP contribution in [-0.2, 0) is 0 Å². The molecule has 1 fully saturated rings. The molecule has 6 nitrogen and oxygen atoms in total. The average molecular weight is 498 g/mol. The summed E-state index contributed by atoms with van der Waals surface area (Å²) in [5, 5.41) is 6.77. The Balaban J connectivity index is 0.00000280. The minimum absolute atomic E-state index is 0. The van der Waals surface area contributed by atoms with Gasteiger partial charge in [-0.15, -0.1) is 24.0 Å². The second-order valence-corrected chi connectivity index (χ2v) is 7.57. The normalized spacial score (nSPS) is 17.6. The number of nitrogens with zero attached hydrogens (tertiary/aromatic N) is 2. The molecule has 0 aromatic heterocycles. The molecule has 0 bridgehead atoms. The van der Waals surface area contributed by atoms with Crippen molar-refractivity contribution in [2.75, 3.05) is 26.7 Å². The lowest BCUT2D eigenvalue weighted by Crippen LogP contribution is -2.46. The fraction of sp³-hybridized carbons (Fsp3) is 0.571. The highest BCUT2D eigenvalue weighted by atomic mass is 127. The van der Waals surface area contributed by atoms with Gasteiger partial charge in [0.2, 0.25) is 0 Å². The Morgan fingerprint density at radius 2 is 1.75 bits per heavy atom. The maximum absolute atomic E-state index is 12.3. The molecule has 1 saturated carbocycles. The third kappa shape index (κ3) is 4.85. The first-order valence-electron chi connectivity index (χ1n) is 10.00. The van der Waals surface area contributed by atoms with Crippen molar-refractivity contribution >= 4 is 41.8 Å². The molecule has 2 aliphatic rings. The number of fused-ring (bicyclic) bond motifs is 1. The SMILES string of the molecule is CCC1(CNC(=NC)NCCCCN2C(=O)c3ccccc3C2=O)CCC1.I. The number of rotatable bonds is 8. The zero-order valence-corrected chi connectivity index (χ0v) is 19.1. The summed E-state index contributed by atoms with van der Waals surface area (Å²) >= 11 is 0. The molecule has 1 aromatic rings. The van der Waals surface area contributed by atoms with E-state index in [1.807, 2.05) is 0 Å². The lowest BCUT2D eigenvalue weighted by molar-refractivity contribution is 0.0652. The fourth-order valence-electron chi connectivity index (χ4n) is 3.87. The fourth-order valence-corrected chi connectivity index (χ4v) is 3.87. The van der Waals surface area contributed by atoms with Gasteiger partial charge in [0.1, 0.15) is 0 Å². The van der Waals surface area contributed by atoms with E-state index in [2.05, 4.69) is 22.5 Å². The highest BCUT2D eigenvalue weighted by Gasteiger charge is 2.35. The smallest absolute Gasteiger partial charge is 0.261 e. The summed E-state index contributed by atoms with van der Waals surface area (Å²) in [5.41, 5.74) is 1.49. The first kappa shape index (κ1) is 22.6. The van der Waals surface area contributed by atoms with E-state index in [1.54, 1.807) is 31.3 Å². The molecule has 0 unspecified atom stereocenters. The van der Waals surface area contributed by atoms with E-state index in [1.165, 1.54) is 30.6 Å². The van der Waals surface area contributed by atoms with Gasteiger partial charge in [0.25, 0.3) is 11.8 Å². The molecule has 1 aliphatic carbocycles. The van der Waals surface area contributed by atoms with Crippen LogP contribution < -0.4 is 10.6 Å². The number of amides is 2. The molecule has 2 N–H and O–H groups in total. The molecule has 1 aliphatic heterocycles. The van der Waals surface area contributed by atoms with E-state index in [-0.39, 0.29) is 35.8 Å². The van der Waals surface area contributed by atoms with E-state index in [0.29, 0.717) is 23.1 Å². The van der Waals surface area contributed by atoms with Crippen molar-refractivity contribution in [2.24, 2.45) is 10.4 Å². The van der Waals surface area contributed by atoms with Crippen molar-refractivity contribution in [1.82, 2.24) is 15.5 Å². The number of hydrogen-bond donors (Lipinski definition) is 2. The lowest BCUT2D eigenvalue weighted by Gasteiger charge is -2.41. The van der Waals surface area contributed by atoms with Gasteiger partial charge in [-0.05, 0) is 49.7 Å². The van der Waals surface area contributed by atoms with Crippen molar-refractivity contribution in [3.8, 4) is 0 Å². The number of halogens is 1. The van der Waals surface area contributed by atoms with Gasteiger partial charge in [0.05, 0.1) is 11.1 Å². The number of benzene rings is 1. The van der Waals surface area contributed by atoms with Crippen molar-refractivity contribution in [2.45, 2.75) is 45.4 Å². The molecule has 154 valence electrons. The van der Waals surface area contributed by atoms with Gasteiger partial charge in [0, 0.05) is 26.7 Å². The Labute approximate surface area is 184 Å². The van der Waals surface area contributed by atoms with Crippen LogP contribution in [0, 0.1) is 5.41 Å². The van der Waals surface area contributed by atoms with Crippen LogP contribution in [0.4, 0.5) is 0 Å². The molecule has 28 heavy (non-hydrogen) atoms. The highest BCUT2D eigenvalue weighted by molar-refractivity contribution is 14.0. The molecular weight excluding hydrogens is 467 g/mol. The summed E-state index contributed by atoms with van der Waals surface area (Å²) in [7, 11) is 1.79. The van der Waals surface area contributed by atoms with Gasteiger partial charge in [-0.1, -0.05) is 25.5 Å². The Morgan fingerprint density at radius 3 is 2.25 bits per heavy atom. The maximum atomic E-state index is 12.3. The van der Waals surface area contributed by atoms with E-state index >= 15 is 0 Å². The average Bonchev–Trinajstić information content (AvgIpc) is 2.90. The van der Waals surface area contributed by atoms with Crippen molar-refractivity contribution in [3.05, 3.63) is 35.4 Å². The number of guanidine groups is 1. The summed E-state index contributed by atoms with van der Waals surface area (Å²) in [6, 6.07) is 7.03. The van der Waals surface area contributed by atoms with Crippen LogP contribution in [0.5, 0.6) is 0 Å². The van der Waals surface area contributed by atoms with Gasteiger partial charge in [-0.3, -0.25) is 19.5 Å². The minimum Gasteiger partial charge on any atom is -0.356 e. The second-order valence-electron chi connectivity index (χ2n) is 7.57. The molecule has 0 radical (unpaired) electrons. The van der Waals surface area contributed by atoms with Gasteiger partial charge >= 0.3 is 0 Å². The third-order valence-corrected chi connectivity index (χ3v) is 6.00. The second kappa shape index (κ2) is 10.2. The third-order valence-electron chi connectivity index (χ3n) is 6.00. The van der Waals surface area contributed by atoms with Gasteiger partial charge < -0.3 is 10.6 Å². The predicted molar refractivity (Wildman–Crippen MR) is 122 cm³/mol. The largest absolute Gasteiger partial charge is 0.356 e. The number of hydrogen-bond acceptors (Lipinski definition) is 3. The molecule has 0 spiro atoms. The van der Waals surface area contributed by atoms with Crippen LogP contribution >= 0.6 is 24.0 Å². The number of unbranched alkanes of at least 4 members (excludes halogenated alkanes) is 1. The number of nitrogens with one attached hydrogen (secondary N) is 2. The minimum atomic E-state index is -0.175. The summed E-state index contributed by atoms with van der Waals surface area (Å²) in [6.45, 7) is 4.45. The number of carbonyl (C=O) groups excluding carboxylic acids is 2. The van der Waals surface area contributed by atoms with E-state index < -0.39 is 0 Å². The number of imide groups is 1. The topological polar surface area (TPSA) is 73.8 Å². The summed E-state index contributed by atoms with van der Waals surface area (Å²) in [4.78, 5) is 30.3. The molecule has 3 rings (SSSR count). The van der Waals surface area contributed by atoms with Crippen LogP contribution in [0.2, 0.25) is 0 Å². The zero-order valence-electron chi connectivity index (χ0n) is 16.8. The van der Waals surface area contributed by atoms with E-state index in [4.69, 9.17) is 0 Å². The van der Waals surface area contributed by atoms with Crippen molar-refractivity contribution in [1.29, 1.82) is 0 Å². The summed E-state index contributed by atoms with van der Waals surface area (Å²) in [5.74, 6) is 0.480. The van der Waals surface area contributed by atoms with Crippen LogP contribution in [-0.4, -0.2) is 49.4 Å². The Bertz CT molecular complexity index is 690. The Kier molecular flexibility index (Phi) is 8.27. The molecular formula is C21H31IN4O2. The molecule has 0 atom stereocenters. The molecule has 1 aromatic carbocycles. The lowest BCUT2D eigenvalue weighted by atomic mass is 9.67. The molecule has 0 saturated heterocycles. The van der Waals surface area contributed by atoms with Gasteiger partial charge in [-0.25, -0.2) is 0 Å². The number of aliphatic imine (C=N–C) groups is 1. The summed E-state index contributed by atoms with van der Waals surface area (Å²) < 4.78 is 0. The molecule has 1 heterocycles. The van der Waals surface area contributed by atoms with Crippen LogP contribution in [0.15, 0.2) is 29.3 Å². The molecule has 7 heteroatoms. The van der Waals surface area contributed by atoms with Gasteiger partial charge in [-0.2, -0.15) is 0 Å². The Morgan fingerprint density at radius 1 is 1.11 bits per heavy atom. The van der Waals surface area contributed by atoms with Gasteiger partial charge in [0.15, 0.2) is 5.96 Å². The molecule has 2 amide bonds.